The van der Waals surface area contributed by atoms with Crippen LogP contribution in [0.2, 0.25) is 0 Å². The fourth-order valence-corrected chi connectivity index (χ4v) is 1.70. The highest BCUT2D eigenvalue weighted by atomic mass is 79.9. The van der Waals surface area contributed by atoms with Crippen LogP contribution in [0.3, 0.4) is 0 Å². The number of carbonyl (C=O) groups is 1. The van der Waals surface area contributed by atoms with Crippen LogP contribution in [0.1, 0.15) is 10.4 Å². The molecule has 4 heteroatoms. The van der Waals surface area contributed by atoms with E-state index >= 15 is 0 Å². The molecule has 15 heavy (non-hydrogen) atoms. The summed E-state index contributed by atoms with van der Waals surface area (Å²) in [6.07, 6.45) is 1.55. The average Bonchev–Trinajstić information content (AvgIpc) is 2.71. The molecule has 0 aliphatic rings. The summed E-state index contributed by atoms with van der Waals surface area (Å²) in [5.41, 5.74) is 0.976. The van der Waals surface area contributed by atoms with Crippen molar-refractivity contribution in [2.24, 2.45) is 0 Å². The van der Waals surface area contributed by atoms with Crippen molar-refractivity contribution >= 4 is 21.9 Å². The third-order valence-corrected chi connectivity index (χ3v) is 2.69. The van der Waals surface area contributed by atoms with Gasteiger partial charge in [-0.25, -0.2) is 4.79 Å². The van der Waals surface area contributed by atoms with Gasteiger partial charge in [0, 0.05) is 10.0 Å². The molecule has 1 aromatic carbocycles. The van der Waals surface area contributed by atoms with Crippen LogP contribution >= 0.6 is 15.9 Å². The zero-order valence-electron chi connectivity index (χ0n) is 7.61. The summed E-state index contributed by atoms with van der Waals surface area (Å²) >= 11 is 3.18. The molecule has 0 atom stereocenters. The van der Waals surface area contributed by atoms with Gasteiger partial charge in [-0.1, -0.05) is 6.07 Å². The molecule has 1 aromatic heterocycles. The standard InChI is InChI=1S/C11H7BrO3/c12-9-4-3-7(6-8(9)11(13)14)10-2-1-5-15-10/h1-6H,(H,13,14). The summed E-state index contributed by atoms with van der Waals surface area (Å²) in [5, 5.41) is 8.93. The van der Waals surface area contributed by atoms with E-state index in [2.05, 4.69) is 15.9 Å². The molecule has 0 unspecified atom stereocenters. The van der Waals surface area contributed by atoms with Crippen molar-refractivity contribution in [2.45, 2.75) is 0 Å². The van der Waals surface area contributed by atoms with Crippen LogP contribution in [0, 0.1) is 0 Å². The van der Waals surface area contributed by atoms with Gasteiger partial charge in [0.25, 0.3) is 0 Å². The number of furan rings is 1. The Labute approximate surface area is 94.5 Å². The molecule has 1 heterocycles. The molecule has 0 radical (unpaired) electrons. The van der Waals surface area contributed by atoms with E-state index in [1.54, 1.807) is 36.6 Å². The quantitative estimate of drug-likeness (QED) is 0.907. The second-order valence-electron chi connectivity index (χ2n) is 2.98. The van der Waals surface area contributed by atoms with Crippen molar-refractivity contribution < 1.29 is 14.3 Å². The van der Waals surface area contributed by atoms with E-state index in [0.717, 1.165) is 5.56 Å². The molecule has 0 saturated carbocycles. The Kier molecular flexibility index (Phi) is 2.60. The number of halogens is 1. The number of rotatable bonds is 2. The number of benzene rings is 1. The van der Waals surface area contributed by atoms with Crippen LogP contribution in [0.15, 0.2) is 45.5 Å². The summed E-state index contributed by atoms with van der Waals surface area (Å²) in [5.74, 6) is -0.305. The molecule has 0 bridgehead atoms. The molecule has 0 spiro atoms. The maximum Gasteiger partial charge on any atom is 0.336 e. The lowest BCUT2D eigenvalue weighted by molar-refractivity contribution is 0.0696. The van der Waals surface area contributed by atoms with Gasteiger partial charge in [-0.15, -0.1) is 0 Å². The largest absolute Gasteiger partial charge is 0.478 e. The van der Waals surface area contributed by atoms with Gasteiger partial charge in [0.2, 0.25) is 0 Å². The Hall–Kier alpha value is -1.55. The number of aromatic carboxylic acids is 1. The summed E-state index contributed by atoms with van der Waals surface area (Å²) in [6.45, 7) is 0. The lowest BCUT2D eigenvalue weighted by Crippen LogP contribution is -1.97. The minimum atomic E-state index is -0.963. The molecule has 0 fully saturated rings. The van der Waals surface area contributed by atoms with E-state index in [1.165, 1.54) is 0 Å². The first-order valence-corrected chi connectivity index (χ1v) is 5.04. The highest BCUT2D eigenvalue weighted by molar-refractivity contribution is 9.10. The molecule has 2 rings (SSSR count). The highest BCUT2D eigenvalue weighted by Crippen LogP contribution is 2.25. The molecule has 0 amide bonds. The van der Waals surface area contributed by atoms with Crippen LogP contribution in [0.5, 0.6) is 0 Å². The third kappa shape index (κ3) is 1.94. The topological polar surface area (TPSA) is 50.4 Å². The molecule has 3 nitrogen and oxygen atoms in total. The third-order valence-electron chi connectivity index (χ3n) is 2.00. The van der Waals surface area contributed by atoms with E-state index in [0.29, 0.717) is 10.2 Å². The Bertz CT molecular complexity index is 489. The molecular weight excluding hydrogens is 260 g/mol. The number of carboxylic acids is 1. The molecule has 76 valence electrons. The van der Waals surface area contributed by atoms with Crippen LogP contribution in [0.25, 0.3) is 11.3 Å². The first-order valence-electron chi connectivity index (χ1n) is 4.25. The van der Waals surface area contributed by atoms with Gasteiger partial charge in [0.15, 0.2) is 0 Å². The molecule has 1 N–H and O–H groups in total. The Morgan fingerprint density at radius 1 is 1.33 bits per heavy atom. The predicted molar refractivity (Wildman–Crippen MR) is 58.8 cm³/mol. The van der Waals surface area contributed by atoms with Crippen molar-refractivity contribution in [1.29, 1.82) is 0 Å². The lowest BCUT2D eigenvalue weighted by atomic mass is 10.1. The van der Waals surface area contributed by atoms with E-state index in [4.69, 9.17) is 9.52 Å². The normalized spacial score (nSPS) is 10.2. The van der Waals surface area contributed by atoms with Crippen molar-refractivity contribution in [1.82, 2.24) is 0 Å². The smallest absolute Gasteiger partial charge is 0.336 e. The monoisotopic (exact) mass is 266 g/mol. The minimum absolute atomic E-state index is 0.226. The van der Waals surface area contributed by atoms with Gasteiger partial charge < -0.3 is 9.52 Å². The Morgan fingerprint density at radius 2 is 2.13 bits per heavy atom. The summed E-state index contributed by atoms with van der Waals surface area (Å²) in [4.78, 5) is 10.9. The van der Waals surface area contributed by atoms with E-state index in [-0.39, 0.29) is 5.56 Å². The first kappa shape index (κ1) is 9.98. The van der Waals surface area contributed by atoms with Gasteiger partial charge in [-0.3, -0.25) is 0 Å². The summed E-state index contributed by atoms with van der Waals surface area (Å²) in [6, 6.07) is 8.62. The Morgan fingerprint density at radius 3 is 2.73 bits per heavy atom. The SMILES string of the molecule is O=C(O)c1cc(-c2ccco2)ccc1Br. The molecule has 0 aliphatic heterocycles. The highest BCUT2D eigenvalue weighted by Gasteiger charge is 2.10. The number of hydrogen-bond acceptors (Lipinski definition) is 2. The maximum atomic E-state index is 10.9. The number of carboxylic acid groups (broad SMARTS) is 1. The van der Waals surface area contributed by atoms with Gasteiger partial charge >= 0.3 is 5.97 Å². The zero-order chi connectivity index (χ0) is 10.8. The van der Waals surface area contributed by atoms with E-state index < -0.39 is 5.97 Å². The van der Waals surface area contributed by atoms with Crippen LogP contribution in [-0.4, -0.2) is 11.1 Å². The van der Waals surface area contributed by atoms with Crippen molar-refractivity contribution in [3.05, 3.63) is 46.6 Å². The van der Waals surface area contributed by atoms with Crippen molar-refractivity contribution in [2.75, 3.05) is 0 Å². The fraction of sp³-hybridized carbons (Fsp3) is 0. The number of hydrogen-bond donors (Lipinski definition) is 1. The Balaban J connectivity index is 2.52. The first-order chi connectivity index (χ1) is 7.18. The summed E-state index contributed by atoms with van der Waals surface area (Å²) < 4.78 is 5.75. The van der Waals surface area contributed by atoms with Crippen LogP contribution < -0.4 is 0 Å². The van der Waals surface area contributed by atoms with Crippen LogP contribution in [0.4, 0.5) is 0 Å². The van der Waals surface area contributed by atoms with Crippen LogP contribution in [-0.2, 0) is 0 Å². The second kappa shape index (κ2) is 3.90. The minimum Gasteiger partial charge on any atom is -0.478 e. The second-order valence-corrected chi connectivity index (χ2v) is 3.83. The van der Waals surface area contributed by atoms with Gasteiger partial charge in [-0.05, 0) is 40.2 Å². The molecule has 2 aromatic rings. The fourth-order valence-electron chi connectivity index (χ4n) is 1.29. The van der Waals surface area contributed by atoms with E-state index in [1.807, 2.05) is 0 Å². The van der Waals surface area contributed by atoms with Gasteiger partial charge in [0.05, 0.1) is 11.8 Å². The summed E-state index contributed by atoms with van der Waals surface area (Å²) in [7, 11) is 0. The predicted octanol–water partition coefficient (Wildman–Crippen LogP) is 3.41. The molecule has 0 aliphatic carbocycles. The molecule has 0 saturated heterocycles. The van der Waals surface area contributed by atoms with Gasteiger partial charge in [-0.2, -0.15) is 0 Å². The maximum absolute atomic E-state index is 10.9. The molecular formula is C11H7BrO3. The van der Waals surface area contributed by atoms with Crippen molar-refractivity contribution in [3.63, 3.8) is 0 Å². The van der Waals surface area contributed by atoms with Crippen molar-refractivity contribution in [3.8, 4) is 11.3 Å². The lowest BCUT2D eigenvalue weighted by Gasteiger charge is -2.01. The zero-order valence-corrected chi connectivity index (χ0v) is 9.19. The van der Waals surface area contributed by atoms with Gasteiger partial charge in [0.1, 0.15) is 5.76 Å². The average molecular weight is 267 g/mol. The van der Waals surface area contributed by atoms with E-state index in [9.17, 15) is 4.79 Å².